The third kappa shape index (κ3) is 4.70. The molecule has 1 aliphatic heterocycles. The summed E-state index contributed by atoms with van der Waals surface area (Å²) in [5.74, 6) is 8.62. The molecule has 0 spiro atoms. The first-order valence-electron chi connectivity index (χ1n) is 11.7. The van der Waals surface area contributed by atoms with Crippen LogP contribution in [0.4, 0.5) is 0 Å². The Hall–Kier alpha value is -2.11. The fourth-order valence-corrected chi connectivity index (χ4v) is 7.75. The summed E-state index contributed by atoms with van der Waals surface area (Å²) < 4.78 is 6.08. The summed E-state index contributed by atoms with van der Waals surface area (Å²) in [4.78, 5) is 18.0. The molecule has 1 aromatic carbocycles. The number of ether oxygens (including phenoxy) is 1. The zero-order valence-corrected chi connectivity index (χ0v) is 21.5. The van der Waals surface area contributed by atoms with Crippen LogP contribution in [0.2, 0.25) is 0 Å². The Morgan fingerprint density at radius 2 is 2.18 bits per heavy atom. The van der Waals surface area contributed by atoms with Gasteiger partial charge in [0.25, 0.3) is 5.91 Å². The fraction of sp³-hybridized carbons (Fsp3) is 0.407. The number of hydrogen-bond donors (Lipinski definition) is 1. The average Bonchev–Trinajstić information content (AvgIpc) is 3.62. The highest BCUT2D eigenvalue weighted by Crippen LogP contribution is 2.49. The van der Waals surface area contributed by atoms with Crippen molar-refractivity contribution in [1.29, 1.82) is 0 Å². The quantitative estimate of drug-likeness (QED) is 0.226. The molecule has 7 heteroatoms. The molecule has 176 valence electrons. The molecule has 2 aliphatic carbocycles. The van der Waals surface area contributed by atoms with Crippen LogP contribution in [0, 0.1) is 23.7 Å². The number of benzene rings is 1. The van der Waals surface area contributed by atoms with Crippen LogP contribution in [0.25, 0.3) is 16.5 Å². The van der Waals surface area contributed by atoms with Crippen molar-refractivity contribution >= 4 is 51.6 Å². The standard InChI is InChI=1S/C27H27NO3S3/c1-31-21-8-5-7-19(14-21)23-15-20(6-3-2-4-11-29)24(33-23)16-25-26(30)28(27(32)34-25)22-13-17-9-10-18(22)12-17/h5,7-8,14-18,22,29H,2,4,9-13H2,1H3. The number of amides is 1. The molecule has 34 heavy (non-hydrogen) atoms. The number of unbranched alkanes of at least 4 members (excludes halogenated alkanes) is 1. The molecule has 5 rings (SSSR count). The molecule has 2 saturated carbocycles. The van der Waals surface area contributed by atoms with Gasteiger partial charge in [0.05, 0.1) is 12.0 Å². The Morgan fingerprint density at radius 3 is 2.91 bits per heavy atom. The van der Waals surface area contributed by atoms with Crippen molar-refractivity contribution in [2.75, 3.05) is 13.7 Å². The summed E-state index contributed by atoms with van der Waals surface area (Å²) in [6, 6.07) is 10.3. The van der Waals surface area contributed by atoms with Crippen LogP contribution in [0.1, 0.15) is 49.0 Å². The van der Waals surface area contributed by atoms with E-state index in [-0.39, 0.29) is 18.6 Å². The van der Waals surface area contributed by atoms with Crippen LogP contribution in [0.5, 0.6) is 5.75 Å². The molecule has 3 aliphatic rings. The topological polar surface area (TPSA) is 49.8 Å². The predicted octanol–water partition coefficient (Wildman–Crippen LogP) is 5.94. The molecule has 1 amide bonds. The number of thioether (sulfide) groups is 1. The van der Waals surface area contributed by atoms with E-state index in [1.807, 2.05) is 29.2 Å². The number of carbonyl (C=O) groups is 1. The Morgan fingerprint density at radius 1 is 1.29 bits per heavy atom. The van der Waals surface area contributed by atoms with E-state index < -0.39 is 0 Å². The van der Waals surface area contributed by atoms with Gasteiger partial charge in [0.1, 0.15) is 10.1 Å². The first-order valence-corrected chi connectivity index (χ1v) is 13.8. The second-order valence-electron chi connectivity index (χ2n) is 9.04. The SMILES string of the molecule is COc1cccc(-c2cc(C#CCCCO)c(C=C3SC(=S)N(C4CC5CCC4C5)C3=O)s2)c1. The minimum atomic E-state index is 0.0445. The number of hydrogen-bond acceptors (Lipinski definition) is 6. The number of aliphatic hydroxyl groups excluding tert-OH is 1. The van der Waals surface area contributed by atoms with Crippen LogP contribution < -0.4 is 4.74 Å². The number of rotatable bonds is 6. The van der Waals surface area contributed by atoms with E-state index >= 15 is 0 Å². The molecule has 2 aromatic rings. The fourth-order valence-electron chi connectivity index (χ4n) is 5.27. The lowest BCUT2D eigenvalue weighted by atomic mass is 9.94. The van der Waals surface area contributed by atoms with Gasteiger partial charge in [-0.15, -0.1) is 11.3 Å². The lowest BCUT2D eigenvalue weighted by Crippen LogP contribution is -2.41. The molecule has 1 saturated heterocycles. The highest BCUT2D eigenvalue weighted by atomic mass is 32.2. The van der Waals surface area contributed by atoms with Crippen molar-refractivity contribution in [3.8, 4) is 28.0 Å². The maximum Gasteiger partial charge on any atom is 0.266 e. The van der Waals surface area contributed by atoms with E-state index in [1.165, 1.54) is 31.0 Å². The van der Waals surface area contributed by atoms with Crippen LogP contribution >= 0.6 is 35.3 Å². The summed E-state index contributed by atoms with van der Waals surface area (Å²) in [7, 11) is 1.66. The van der Waals surface area contributed by atoms with Gasteiger partial charge in [0.15, 0.2) is 0 Å². The minimum absolute atomic E-state index is 0.0445. The third-order valence-electron chi connectivity index (χ3n) is 6.92. The van der Waals surface area contributed by atoms with Gasteiger partial charge in [-0.1, -0.05) is 54.4 Å². The molecule has 3 unspecified atom stereocenters. The smallest absolute Gasteiger partial charge is 0.266 e. The normalized spacial score (nSPS) is 24.7. The van der Waals surface area contributed by atoms with Gasteiger partial charge in [0.2, 0.25) is 0 Å². The van der Waals surface area contributed by atoms with Gasteiger partial charge in [-0.3, -0.25) is 9.69 Å². The Kier molecular flexibility index (Phi) is 7.12. The van der Waals surface area contributed by atoms with Crippen LogP contribution in [0.3, 0.4) is 0 Å². The average molecular weight is 510 g/mol. The van der Waals surface area contributed by atoms with Gasteiger partial charge < -0.3 is 9.84 Å². The van der Waals surface area contributed by atoms with Gasteiger partial charge in [-0.05, 0) is 67.4 Å². The van der Waals surface area contributed by atoms with E-state index in [4.69, 9.17) is 22.1 Å². The lowest BCUT2D eigenvalue weighted by Gasteiger charge is -2.30. The second kappa shape index (κ2) is 10.2. The van der Waals surface area contributed by atoms with Crippen molar-refractivity contribution in [3.05, 3.63) is 45.7 Å². The summed E-state index contributed by atoms with van der Waals surface area (Å²) >= 11 is 8.71. The third-order valence-corrected chi connectivity index (χ3v) is 9.38. The van der Waals surface area contributed by atoms with Crippen LogP contribution in [-0.2, 0) is 4.79 Å². The van der Waals surface area contributed by atoms with Gasteiger partial charge in [-0.2, -0.15) is 0 Å². The maximum atomic E-state index is 13.4. The van der Waals surface area contributed by atoms with E-state index in [2.05, 4.69) is 24.0 Å². The summed E-state index contributed by atoms with van der Waals surface area (Å²) in [6.07, 6.45) is 8.09. The zero-order valence-electron chi connectivity index (χ0n) is 19.1. The predicted molar refractivity (Wildman–Crippen MR) is 144 cm³/mol. The van der Waals surface area contributed by atoms with Gasteiger partial charge in [-0.25, -0.2) is 0 Å². The highest BCUT2D eigenvalue weighted by molar-refractivity contribution is 8.26. The van der Waals surface area contributed by atoms with Gasteiger partial charge >= 0.3 is 0 Å². The molecule has 4 nitrogen and oxygen atoms in total. The lowest BCUT2D eigenvalue weighted by molar-refractivity contribution is -0.124. The number of fused-ring (bicyclic) bond motifs is 2. The molecule has 0 radical (unpaired) electrons. The largest absolute Gasteiger partial charge is 0.497 e. The summed E-state index contributed by atoms with van der Waals surface area (Å²) in [5.41, 5.74) is 1.95. The van der Waals surface area contributed by atoms with Crippen molar-refractivity contribution in [1.82, 2.24) is 4.90 Å². The Bertz CT molecular complexity index is 1210. The zero-order chi connectivity index (χ0) is 23.7. The number of thiocarbonyl (C=S) groups is 1. The molecule has 1 aromatic heterocycles. The molecular weight excluding hydrogens is 483 g/mol. The van der Waals surface area contributed by atoms with Gasteiger partial charge in [0, 0.05) is 34.4 Å². The first kappa shape index (κ1) is 23.6. The number of nitrogens with zero attached hydrogens (tertiary/aromatic N) is 1. The summed E-state index contributed by atoms with van der Waals surface area (Å²) in [6.45, 7) is 0.131. The minimum Gasteiger partial charge on any atom is -0.497 e. The maximum absolute atomic E-state index is 13.4. The van der Waals surface area contributed by atoms with E-state index in [0.717, 1.165) is 39.0 Å². The monoisotopic (exact) mass is 509 g/mol. The van der Waals surface area contributed by atoms with Crippen molar-refractivity contribution in [3.63, 3.8) is 0 Å². The van der Waals surface area contributed by atoms with Crippen LogP contribution in [-0.4, -0.2) is 40.0 Å². The molecule has 2 bridgehead atoms. The molecule has 3 fully saturated rings. The van der Waals surface area contributed by atoms with Crippen LogP contribution in [0.15, 0.2) is 35.2 Å². The summed E-state index contributed by atoms with van der Waals surface area (Å²) in [5, 5.41) is 9.07. The highest BCUT2D eigenvalue weighted by Gasteiger charge is 2.48. The molecule has 2 heterocycles. The number of carbonyl (C=O) groups excluding carboxylic acids is 1. The number of methoxy groups -OCH3 is 1. The van der Waals surface area contributed by atoms with Crippen molar-refractivity contribution in [2.45, 2.75) is 44.6 Å². The van der Waals surface area contributed by atoms with E-state index in [9.17, 15) is 4.79 Å². The van der Waals surface area contributed by atoms with Crippen molar-refractivity contribution in [2.24, 2.45) is 11.8 Å². The van der Waals surface area contributed by atoms with E-state index in [1.54, 1.807) is 18.4 Å². The Labute approximate surface area is 214 Å². The Balaban J connectivity index is 1.46. The number of aliphatic hydroxyl groups is 1. The molecule has 1 N–H and O–H groups in total. The number of thiophene rings is 1. The second-order valence-corrected chi connectivity index (χ2v) is 11.8. The molecule has 3 atom stereocenters. The first-order chi connectivity index (χ1) is 16.6. The molecular formula is C27H27NO3S3. The van der Waals surface area contributed by atoms with Crippen molar-refractivity contribution < 1.29 is 14.6 Å². The van der Waals surface area contributed by atoms with E-state index in [0.29, 0.717) is 28.0 Å².